The zero-order chi connectivity index (χ0) is 9.10. The second-order valence-electron chi connectivity index (χ2n) is 2.98. The Morgan fingerprint density at radius 2 is 2.31 bits per heavy atom. The molecule has 3 nitrogen and oxygen atoms in total. The van der Waals surface area contributed by atoms with Gasteiger partial charge in [0.05, 0.1) is 6.61 Å². The average Bonchev–Trinajstić information content (AvgIpc) is 2.19. The zero-order valence-electron chi connectivity index (χ0n) is 7.19. The molecule has 1 aliphatic rings. The van der Waals surface area contributed by atoms with Crippen molar-refractivity contribution in [1.82, 2.24) is 5.32 Å². The molecule has 0 bridgehead atoms. The topological polar surface area (TPSA) is 38.3 Å². The minimum Gasteiger partial charge on any atom is -0.354 e. The van der Waals surface area contributed by atoms with E-state index in [4.69, 9.17) is 4.74 Å². The number of carbonyl (C=O) groups is 1. The minimum absolute atomic E-state index is 0.262. The summed E-state index contributed by atoms with van der Waals surface area (Å²) < 4.78 is 5.40. The number of benzene rings is 1. The van der Waals surface area contributed by atoms with Gasteiger partial charge in [-0.1, -0.05) is 24.3 Å². The van der Waals surface area contributed by atoms with E-state index in [0.29, 0.717) is 13.0 Å². The monoisotopic (exact) mass is 177 g/mol. The molecule has 1 unspecified atom stereocenters. The van der Waals surface area contributed by atoms with E-state index >= 15 is 0 Å². The summed E-state index contributed by atoms with van der Waals surface area (Å²) in [4.78, 5) is 10.3. The van der Waals surface area contributed by atoms with Crippen molar-refractivity contribution in [3.8, 4) is 0 Å². The third-order valence-electron chi connectivity index (χ3n) is 2.21. The van der Waals surface area contributed by atoms with Crippen molar-refractivity contribution in [2.24, 2.45) is 0 Å². The highest BCUT2D eigenvalue weighted by Crippen LogP contribution is 2.23. The molecular weight excluding hydrogens is 166 g/mol. The molecule has 1 amide bonds. The van der Waals surface area contributed by atoms with Gasteiger partial charge in [-0.3, -0.25) is 4.79 Å². The van der Waals surface area contributed by atoms with Gasteiger partial charge in [-0.15, -0.1) is 0 Å². The van der Waals surface area contributed by atoms with Crippen molar-refractivity contribution in [1.29, 1.82) is 0 Å². The van der Waals surface area contributed by atoms with Gasteiger partial charge in [0.2, 0.25) is 6.41 Å². The lowest BCUT2D eigenvalue weighted by atomic mass is 10.0. The number of hydrogen-bond donors (Lipinski definition) is 1. The van der Waals surface area contributed by atoms with Crippen LogP contribution in [0.25, 0.3) is 0 Å². The maximum absolute atomic E-state index is 10.3. The van der Waals surface area contributed by atoms with Crippen molar-refractivity contribution in [2.45, 2.75) is 12.6 Å². The molecule has 0 saturated heterocycles. The fourth-order valence-electron chi connectivity index (χ4n) is 1.59. The van der Waals surface area contributed by atoms with Gasteiger partial charge in [-0.25, -0.2) is 0 Å². The summed E-state index contributed by atoms with van der Waals surface area (Å²) in [6.45, 7) is 0.669. The Bertz CT molecular complexity index is 312. The fraction of sp³-hybridized carbons (Fsp3) is 0.300. The van der Waals surface area contributed by atoms with Crippen LogP contribution in [0.3, 0.4) is 0 Å². The number of rotatable bonds is 2. The SMILES string of the molecule is O=CNC1OCCc2ccccc21. The number of nitrogens with one attached hydrogen (secondary N) is 1. The van der Waals surface area contributed by atoms with Crippen LogP contribution < -0.4 is 5.32 Å². The molecule has 13 heavy (non-hydrogen) atoms. The maximum atomic E-state index is 10.3. The molecule has 1 aliphatic heterocycles. The summed E-state index contributed by atoms with van der Waals surface area (Å²) in [6, 6.07) is 8.00. The summed E-state index contributed by atoms with van der Waals surface area (Å²) in [6.07, 6.45) is 1.34. The minimum atomic E-state index is -0.262. The van der Waals surface area contributed by atoms with Crippen molar-refractivity contribution >= 4 is 6.41 Å². The highest BCUT2D eigenvalue weighted by Gasteiger charge is 2.18. The molecule has 1 aromatic rings. The van der Waals surface area contributed by atoms with Gasteiger partial charge in [0.25, 0.3) is 0 Å². The molecule has 0 aromatic heterocycles. The lowest BCUT2D eigenvalue weighted by Gasteiger charge is -2.24. The second kappa shape index (κ2) is 3.58. The van der Waals surface area contributed by atoms with Crippen LogP contribution >= 0.6 is 0 Å². The number of ether oxygens (including phenoxy) is 1. The first-order valence-corrected chi connectivity index (χ1v) is 4.31. The van der Waals surface area contributed by atoms with Gasteiger partial charge in [0, 0.05) is 5.56 Å². The molecule has 3 heteroatoms. The fourth-order valence-corrected chi connectivity index (χ4v) is 1.59. The molecule has 0 aliphatic carbocycles. The Kier molecular flexibility index (Phi) is 2.27. The van der Waals surface area contributed by atoms with Crippen LogP contribution in [-0.4, -0.2) is 13.0 Å². The van der Waals surface area contributed by atoms with E-state index in [1.807, 2.05) is 18.2 Å². The molecule has 0 radical (unpaired) electrons. The molecule has 1 aromatic carbocycles. The summed E-state index contributed by atoms with van der Waals surface area (Å²) in [5.74, 6) is 0. The molecule has 2 rings (SSSR count). The second-order valence-corrected chi connectivity index (χ2v) is 2.98. The van der Waals surface area contributed by atoms with Crippen molar-refractivity contribution in [3.05, 3.63) is 35.4 Å². The molecule has 0 fully saturated rings. The Hall–Kier alpha value is -1.35. The van der Waals surface area contributed by atoms with Gasteiger partial charge in [0.15, 0.2) is 6.23 Å². The van der Waals surface area contributed by atoms with Gasteiger partial charge in [-0.05, 0) is 12.0 Å². The van der Waals surface area contributed by atoms with Crippen molar-refractivity contribution < 1.29 is 9.53 Å². The van der Waals surface area contributed by atoms with Crippen LogP contribution in [-0.2, 0) is 16.0 Å². The van der Waals surface area contributed by atoms with Gasteiger partial charge in [0.1, 0.15) is 0 Å². The summed E-state index contributed by atoms with van der Waals surface area (Å²) in [7, 11) is 0. The van der Waals surface area contributed by atoms with Crippen molar-refractivity contribution in [2.75, 3.05) is 6.61 Å². The highest BCUT2D eigenvalue weighted by molar-refractivity contribution is 5.48. The first-order chi connectivity index (χ1) is 6.42. The molecule has 1 atom stereocenters. The standard InChI is InChI=1S/C10H11NO2/c12-7-11-10-9-4-2-1-3-8(9)5-6-13-10/h1-4,7,10H,5-6H2,(H,11,12). The Morgan fingerprint density at radius 1 is 1.46 bits per heavy atom. The molecular formula is C10H11NO2. The van der Waals surface area contributed by atoms with Crippen LogP contribution in [0.1, 0.15) is 17.4 Å². The van der Waals surface area contributed by atoms with E-state index in [2.05, 4.69) is 11.4 Å². The largest absolute Gasteiger partial charge is 0.354 e. The first-order valence-electron chi connectivity index (χ1n) is 4.31. The van der Waals surface area contributed by atoms with E-state index in [1.165, 1.54) is 5.56 Å². The zero-order valence-corrected chi connectivity index (χ0v) is 7.19. The van der Waals surface area contributed by atoms with Crippen LogP contribution in [0.15, 0.2) is 24.3 Å². The van der Waals surface area contributed by atoms with Crippen LogP contribution in [0.4, 0.5) is 0 Å². The van der Waals surface area contributed by atoms with Gasteiger partial charge >= 0.3 is 0 Å². The summed E-state index contributed by atoms with van der Waals surface area (Å²) >= 11 is 0. The molecule has 1 N–H and O–H groups in total. The quantitative estimate of drug-likeness (QED) is 0.684. The normalized spacial score (nSPS) is 20.5. The smallest absolute Gasteiger partial charge is 0.209 e. The number of carbonyl (C=O) groups excluding carboxylic acids is 1. The average molecular weight is 177 g/mol. The first kappa shape index (κ1) is 8.26. The van der Waals surface area contributed by atoms with E-state index < -0.39 is 0 Å². The third kappa shape index (κ3) is 1.55. The summed E-state index contributed by atoms with van der Waals surface area (Å²) in [5, 5.41) is 2.64. The van der Waals surface area contributed by atoms with Gasteiger partial charge in [-0.2, -0.15) is 0 Å². The van der Waals surface area contributed by atoms with Crippen LogP contribution in [0.2, 0.25) is 0 Å². The summed E-state index contributed by atoms with van der Waals surface area (Å²) in [5.41, 5.74) is 2.33. The molecule has 1 heterocycles. The predicted octanol–water partition coefficient (Wildman–Crippen LogP) is 1.00. The number of fused-ring (bicyclic) bond motifs is 1. The van der Waals surface area contributed by atoms with Crippen LogP contribution in [0.5, 0.6) is 0 Å². The Morgan fingerprint density at radius 3 is 3.15 bits per heavy atom. The van der Waals surface area contributed by atoms with E-state index in [-0.39, 0.29) is 6.23 Å². The highest BCUT2D eigenvalue weighted by atomic mass is 16.5. The lowest BCUT2D eigenvalue weighted by molar-refractivity contribution is -0.114. The van der Waals surface area contributed by atoms with E-state index in [1.54, 1.807) is 0 Å². The van der Waals surface area contributed by atoms with Gasteiger partial charge < -0.3 is 10.1 Å². The Balaban J connectivity index is 2.31. The van der Waals surface area contributed by atoms with E-state index in [0.717, 1.165) is 12.0 Å². The Labute approximate surface area is 76.7 Å². The number of hydrogen-bond acceptors (Lipinski definition) is 2. The van der Waals surface area contributed by atoms with Crippen molar-refractivity contribution in [3.63, 3.8) is 0 Å². The lowest BCUT2D eigenvalue weighted by Crippen LogP contribution is -2.27. The predicted molar refractivity (Wildman–Crippen MR) is 48.0 cm³/mol. The number of amides is 1. The molecule has 0 saturated carbocycles. The molecule has 0 spiro atoms. The third-order valence-corrected chi connectivity index (χ3v) is 2.21. The maximum Gasteiger partial charge on any atom is 0.209 e. The molecule has 68 valence electrons. The van der Waals surface area contributed by atoms with E-state index in [9.17, 15) is 4.79 Å². The van der Waals surface area contributed by atoms with Crippen LogP contribution in [0, 0.1) is 0 Å².